The van der Waals surface area contributed by atoms with E-state index in [2.05, 4.69) is 10.3 Å². The van der Waals surface area contributed by atoms with E-state index < -0.39 is 0 Å². The molecule has 1 amide bonds. The average molecular weight is 399 g/mol. The summed E-state index contributed by atoms with van der Waals surface area (Å²) >= 11 is 6.06. The molecule has 0 bridgehead atoms. The molecule has 0 atom stereocenters. The molecule has 144 valence electrons. The summed E-state index contributed by atoms with van der Waals surface area (Å²) in [5.41, 5.74) is 2.70. The van der Waals surface area contributed by atoms with Gasteiger partial charge in [0.2, 0.25) is 6.79 Å². The van der Waals surface area contributed by atoms with Crippen molar-refractivity contribution in [2.24, 2.45) is 0 Å². The number of benzene rings is 2. The zero-order chi connectivity index (χ0) is 19.7. The van der Waals surface area contributed by atoms with Crippen molar-refractivity contribution >= 4 is 17.5 Å². The second kappa shape index (κ2) is 7.52. The van der Waals surface area contributed by atoms with Crippen LogP contribution < -0.4 is 9.47 Å². The Kier molecular flexibility index (Phi) is 4.92. The Bertz CT molecular complexity index is 1030. The lowest BCUT2D eigenvalue weighted by Gasteiger charge is -2.20. The van der Waals surface area contributed by atoms with Gasteiger partial charge in [0.1, 0.15) is 0 Å². The third-order valence-corrected chi connectivity index (χ3v) is 4.86. The molecule has 0 saturated heterocycles. The number of carbonyl (C=O) groups excluding carboxylic acids is 1. The molecular weight excluding hydrogens is 380 g/mol. The van der Waals surface area contributed by atoms with Gasteiger partial charge in [-0.3, -0.25) is 4.79 Å². The van der Waals surface area contributed by atoms with Crippen LogP contribution in [0.5, 0.6) is 11.5 Å². The van der Waals surface area contributed by atoms with Crippen molar-refractivity contribution in [3.63, 3.8) is 0 Å². The van der Waals surface area contributed by atoms with Crippen molar-refractivity contribution in [3.05, 3.63) is 64.4 Å². The minimum absolute atomic E-state index is 0.175. The highest BCUT2D eigenvalue weighted by Crippen LogP contribution is 2.33. The summed E-state index contributed by atoms with van der Waals surface area (Å²) in [5, 5.41) is 8.86. The quantitative estimate of drug-likeness (QED) is 0.656. The summed E-state index contributed by atoms with van der Waals surface area (Å²) in [6.45, 7) is 4.96. The third-order valence-electron chi connectivity index (χ3n) is 4.63. The molecule has 0 aliphatic carbocycles. The van der Waals surface area contributed by atoms with Gasteiger partial charge >= 0.3 is 0 Å². The Morgan fingerprint density at radius 3 is 2.82 bits per heavy atom. The van der Waals surface area contributed by atoms with Gasteiger partial charge in [0, 0.05) is 18.1 Å². The van der Waals surface area contributed by atoms with Crippen molar-refractivity contribution in [1.82, 2.24) is 19.9 Å². The standard InChI is InChI=1S/C20H19ClN4O3/c1-3-24(11-14-7-8-17-18(9-14)28-12-27-17)20(26)19-13(2)25(23-22-19)16-6-4-5-15(21)10-16/h4-10H,3,11-12H2,1-2H3. The number of rotatable bonds is 5. The SMILES string of the molecule is CCN(Cc1ccc2c(c1)OCO2)C(=O)c1nnn(-c2cccc(Cl)c2)c1C. The highest BCUT2D eigenvalue weighted by atomic mass is 35.5. The Hall–Kier alpha value is -3.06. The van der Waals surface area contributed by atoms with Crippen LogP contribution in [0, 0.1) is 6.92 Å². The summed E-state index contributed by atoms with van der Waals surface area (Å²) in [7, 11) is 0. The van der Waals surface area contributed by atoms with E-state index in [1.54, 1.807) is 21.7 Å². The Morgan fingerprint density at radius 1 is 1.21 bits per heavy atom. The fraction of sp³-hybridized carbons (Fsp3) is 0.250. The average Bonchev–Trinajstić information content (AvgIpc) is 3.31. The third kappa shape index (κ3) is 3.41. The first-order valence-electron chi connectivity index (χ1n) is 8.93. The van der Waals surface area contributed by atoms with E-state index in [0.717, 1.165) is 17.0 Å². The van der Waals surface area contributed by atoms with Gasteiger partial charge in [0.05, 0.1) is 11.4 Å². The molecule has 28 heavy (non-hydrogen) atoms. The van der Waals surface area contributed by atoms with E-state index in [9.17, 15) is 4.79 Å². The van der Waals surface area contributed by atoms with Gasteiger partial charge in [0.25, 0.3) is 5.91 Å². The molecule has 0 radical (unpaired) electrons. The topological polar surface area (TPSA) is 69.5 Å². The minimum Gasteiger partial charge on any atom is -0.454 e. The van der Waals surface area contributed by atoms with Crippen LogP contribution in [0.4, 0.5) is 0 Å². The molecule has 2 aromatic carbocycles. The molecule has 4 rings (SSSR count). The molecule has 0 N–H and O–H groups in total. The summed E-state index contributed by atoms with van der Waals surface area (Å²) in [4.78, 5) is 14.8. The molecule has 0 fully saturated rings. The fourth-order valence-electron chi connectivity index (χ4n) is 3.12. The van der Waals surface area contributed by atoms with Crippen molar-refractivity contribution < 1.29 is 14.3 Å². The van der Waals surface area contributed by atoms with Gasteiger partial charge in [-0.1, -0.05) is 28.9 Å². The molecule has 1 aliphatic heterocycles. The number of amides is 1. The minimum atomic E-state index is -0.175. The maximum absolute atomic E-state index is 13.1. The molecule has 0 saturated carbocycles. The maximum atomic E-state index is 13.1. The molecule has 2 heterocycles. The zero-order valence-electron chi connectivity index (χ0n) is 15.6. The molecule has 7 nitrogen and oxygen atoms in total. The predicted octanol–water partition coefficient (Wildman–Crippen LogP) is 3.62. The van der Waals surface area contributed by atoms with E-state index in [1.165, 1.54) is 0 Å². The molecule has 8 heteroatoms. The van der Waals surface area contributed by atoms with Gasteiger partial charge in [-0.2, -0.15) is 0 Å². The lowest BCUT2D eigenvalue weighted by molar-refractivity contribution is 0.0745. The van der Waals surface area contributed by atoms with Crippen LogP contribution in [-0.2, 0) is 6.54 Å². The fourth-order valence-corrected chi connectivity index (χ4v) is 3.30. The zero-order valence-corrected chi connectivity index (χ0v) is 16.3. The lowest BCUT2D eigenvalue weighted by Crippen LogP contribution is -2.31. The molecule has 1 aromatic heterocycles. The van der Waals surface area contributed by atoms with Crippen LogP contribution >= 0.6 is 11.6 Å². The number of fused-ring (bicyclic) bond motifs is 1. The number of nitrogens with zero attached hydrogens (tertiary/aromatic N) is 4. The van der Waals surface area contributed by atoms with E-state index >= 15 is 0 Å². The first-order valence-corrected chi connectivity index (χ1v) is 9.30. The number of hydrogen-bond acceptors (Lipinski definition) is 5. The van der Waals surface area contributed by atoms with E-state index in [4.69, 9.17) is 21.1 Å². The van der Waals surface area contributed by atoms with Crippen LogP contribution in [0.1, 0.15) is 28.7 Å². The maximum Gasteiger partial charge on any atom is 0.276 e. The highest BCUT2D eigenvalue weighted by Gasteiger charge is 2.23. The Labute approximate surface area is 167 Å². The number of ether oxygens (including phenoxy) is 2. The normalized spacial score (nSPS) is 12.2. The van der Waals surface area contributed by atoms with E-state index in [-0.39, 0.29) is 12.7 Å². The van der Waals surface area contributed by atoms with E-state index in [1.807, 2.05) is 44.2 Å². The van der Waals surface area contributed by atoms with Crippen LogP contribution in [0.2, 0.25) is 5.02 Å². The van der Waals surface area contributed by atoms with Crippen LogP contribution in [0.3, 0.4) is 0 Å². The Balaban J connectivity index is 1.57. The van der Waals surface area contributed by atoms with Gasteiger partial charge in [-0.15, -0.1) is 5.10 Å². The van der Waals surface area contributed by atoms with Gasteiger partial charge < -0.3 is 14.4 Å². The van der Waals surface area contributed by atoms with Crippen molar-refractivity contribution in [2.75, 3.05) is 13.3 Å². The van der Waals surface area contributed by atoms with Crippen LogP contribution in [-0.4, -0.2) is 39.1 Å². The predicted molar refractivity (Wildman–Crippen MR) is 104 cm³/mol. The second-order valence-electron chi connectivity index (χ2n) is 6.42. The number of aromatic nitrogens is 3. The summed E-state index contributed by atoms with van der Waals surface area (Å²) < 4.78 is 12.4. The smallest absolute Gasteiger partial charge is 0.276 e. The monoisotopic (exact) mass is 398 g/mol. The molecule has 0 spiro atoms. The van der Waals surface area contributed by atoms with Crippen molar-refractivity contribution in [3.8, 4) is 17.2 Å². The largest absolute Gasteiger partial charge is 0.454 e. The van der Waals surface area contributed by atoms with Crippen LogP contribution in [0.15, 0.2) is 42.5 Å². The highest BCUT2D eigenvalue weighted by molar-refractivity contribution is 6.30. The Morgan fingerprint density at radius 2 is 2.04 bits per heavy atom. The number of carbonyl (C=O) groups is 1. The summed E-state index contributed by atoms with van der Waals surface area (Å²) in [6.07, 6.45) is 0. The van der Waals surface area contributed by atoms with Crippen molar-refractivity contribution in [1.29, 1.82) is 0 Å². The first kappa shape index (κ1) is 18.3. The van der Waals surface area contributed by atoms with Gasteiger partial charge in [-0.25, -0.2) is 4.68 Å². The first-order chi connectivity index (χ1) is 13.6. The van der Waals surface area contributed by atoms with E-state index in [0.29, 0.717) is 35.2 Å². The van der Waals surface area contributed by atoms with Gasteiger partial charge in [0.15, 0.2) is 17.2 Å². The number of halogens is 1. The van der Waals surface area contributed by atoms with Gasteiger partial charge in [-0.05, 0) is 49.7 Å². The summed E-state index contributed by atoms with van der Waals surface area (Å²) in [6, 6.07) is 12.9. The number of hydrogen-bond donors (Lipinski definition) is 0. The summed E-state index contributed by atoms with van der Waals surface area (Å²) in [5.74, 6) is 1.24. The molecule has 0 unspecified atom stereocenters. The molecular formula is C20H19ClN4O3. The van der Waals surface area contributed by atoms with Crippen LogP contribution in [0.25, 0.3) is 5.69 Å². The van der Waals surface area contributed by atoms with Crippen molar-refractivity contribution in [2.45, 2.75) is 20.4 Å². The molecule has 3 aromatic rings. The second-order valence-corrected chi connectivity index (χ2v) is 6.86. The lowest BCUT2D eigenvalue weighted by atomic mass is 10.1. The molecule has 1 aliphatic rings.